The number of carbonyl (C=O) groups excluding carboxylic acids is 1. The van der Waals surface area contributed by atoms with Crippen molar-refractivity contribution in [3.8, 4) is 5.88 Å². The molecule has 26 heavy (non-hydrogen) atoms. The van der Waals surface area contributed by atoms with E-state index in [9.17, 15) is 4.79 Å². The van der Waals surface area contributed by atoms with Crippen molar-refractivity contribution in [1.29, 1.82) is 0 Å². The minimum Gasteiger partial charge on any atom is -0.481 e. The number of fused-ring (bicyclic) bond motifs is 1. The third kappa shape index (κ3) is 4.19. The molecule has 0 unspecified atom stereocenters. The molecule has 0 atom stereocenters. The van der Waals surface area contributed by atoms with Crippen molar-refractivity contribution in [2.45, 2.75) is 32.7 Å². The Balaban J connectivity index is 0.00000243. The normalized spacial score (nSPS) is 13.1. The van der Waals surface area contributed by atoms with Gasteiger partial charge in [0.15, 0.2) is 0 Å². The summed E-state index contributed by atoms with van der Waals surface area (Å²) < 4.78 is 7.13. The van der Waals surface area contributed by atoms with Gasteiger partial charge in [0.05, 0.1) is 18.4 Å². The highest BCUT2D eigenvalue weighted by atomic mass is 35.5. The highest BCUT2D eigenvalue weighted by Gasteiger charge is 2.21. The van der Waals surface area contributed by atoms with E-state index >= 15 is 0 Å². The maximum Gasteiger partial charge on any atom is 0.228 e. The van der Waals surface area contributed by atoms with Crippen molar-refractivity contribution in [3.05, 3.63) is 41.1 Å². The van der Waals surface area contributed by atoms with Crippen molar-refractivity contribution < 1.29 is 9.53 Å². The van der Waals surface area contributed by atoms with E-state index in [4.69, 9.17) is 4.74 Å². The van der Waals surface area contributed by atoms with Crippen molar-refractivity contribution in [2.24, 2.45) is 7.05 Å². The maximum atomic E-state index is 12.6. The zero-order valence-electron chi connectivity index (χ0n) is 15.6. The number of rotatable bonds is 6. The summed E-state index contributed by atoms with van der Waals surface area (Å²) in [6.45, 7) is 4.06. The van der Waals surface area contributed by atoms with Gasteiger partial charge in [-0.25, -0.2) is 4.68 Å². The lowest BCUT2D eigenvalue weighted by atomic mass is 10.0. The van der Waals surface area contributed by atoms with Crippen LogP contribution in [0.3, 0.4) is 0 Å². The van der Waals surface area contributed by atoms with E-state index in [0.29, 0.717) is 19.5 Å². The summed E-state index contributed by atoms with van der Waals surface area (Å²) in [5.41, 5.74) is 4.33. The Morgan fingerprint density at radius 2 is 2.12 bits per heavy atom. The van der Waals surface area contributed by atoms with Crippen LogP contribution in [-0.2, 0) is 24.8 Å². The minimum atomic E-state index is 0. The molecule has 1 N–H and O–H groups in total. The summed E-state index contributed by atoms with van der Waals surface area (Å²) in [4.78, 5) is 14.5. The van der Waals surface area contributed by atoms with Crippen LogP contribution >= 0.6 is 12.4 Å². The molecule has 0 radical (unpaired) electrons. The molecular weight excluding hydrogens is 352 g/mol. The number of para-hydroxylation sites is 1. The van der Waals surface area contributed by atoms with Gasteiger partial charge in [0, 0.05) is 38.8 Å². The molecule has 0 saturated carbocycles. The zero-order valence-corrected chi connectivity index (χ0v) is 16.4. The third-order valence-corrected chi connectivity index (χ3v) is 4.71. The van der Waals surface area contributed by atoms with Crippen LogP contribution in [-0.4, -0.2) is 35.9 Å². The predicted octanol–water partition coefficient (Wildman–Crippen LogP) is 2.62. The molecule has 0 aliphatic carbocycles. The molecule has 1 aliphatic rings. The number of nitrogens with one attached hydrogen (secondary N) is 1. The van der Waals surface area contributed by atoms with Crippen LogP contribution < -0.4 is 15.0 Å². The number of hydrogen-bond donors (Lipinski definition) is 1. The molecule has 1 aliphatic heterocycles. The number of methoxy groups -OCH3 is 1. The summed E-state index contributed by atoms with van der Waals surface area (Å²) >= 11 is 0. The number of ether oxygens (including phenoxy) is 1. The Bertz CT molecular complexity index is 760. The fourth-order valence-electron chi connectivity index (χ4n) is 3.48. The quantitative estimate of drug-likeness (QED) is 0.785. The van der Waals surface area contributed by atoms with Crippen LogP contribution in [0, 0.1) is 6.92 Å². The zero-order chi connectivity index (χ0) is 17.8. The van der Waals surface area contributed by atoms with Gasteiger partial charge in [0.2, 0.25) is 11.8 Å². The highest BCUT2D eigenvalue weighted by Crippen LogP contribution is 2.27. The molecule has 0 spiro atoms. The van der Waals surface area contributed by atoms with Crippen molar-refractivity contribution >= 4 is 24.0 Å². The van der Waals surface area contributed by atoms with Gasteiger partial charge in [-0.1, -0.05) is 18.2 Å². The molecule has 1 aromatic carbocycles. The van der Waals surface area contributed by atoms with Crippen molar-refractivity contribution in [1.82, 2.24) is 15.1 Å². The predicted molar refractivity (Wildman–Crippen MR) is 105 cm³/mol. The average Bonchev–Trinajstić information content (AvgIpc) is 2.90. The first kappa shape index (κ1) is 20.3. The van der Waals surface area contributed by atoms with E-state index in [1.165, 1.54) is 5.56 Å². The summed E-state index contributed by atoms with van der Waals surface area (Å²) in [6, 6.07) is 8.20. The summed E-state index contributed by atoms with van der Waals surface area (Å²) in [5, 5.41) is 7.71. The van der Waals surface area contributed by atoms with Crippen LogP contribution in [0.5, 0.6) is 5.88 Å². The first-order chi connectivity index (χ1) is 12.1. The number of nitrogens with zero attached hydrogens (tertiary/aromatic N) is 3. The van der Waals surface area contributed by atoms with Crippen LogP contribution in [0.4, 0.5) is 5.69 Å². The third-order valence-electron chi connectivity index (χ3n) is 4.71. The first-order valence-electron chi connectivity index (χ1n) is 8.77. The van der Waals surface area contributed by atoms with Crippen LogP contribution in [0.25, 0.3) is 0 Å². The van der Waals surface area contributed by atoms with Crippen LogP contribution in [0.15, 0.2) is 24.3 Å². The second-order valence-corrected chi connectivity index (χ2v) is 6.40. The molecule has 1 amide bonds. The van der Waals surface area contributed by atoms with Gasteiger partial charge in [0.1, 0.15) is 0 Å². The first-order valence-corrected chi connectivity index (χ1v) is 8.77. The molecule has 0 saturated heterocycles. The van der Waals surface area contributed by atoms with Crippen LogP contribution in [0.2, 0.25) is 0 Å². The Labute approximate surface area is 160 Å². The van der Waals surface area contributed by atoms with E-state index in [2.05, 4.69) is 16.5 Å². The van der Waals surface area contributed by atoms with Gasteiger partial charge in [0.25, 0.3) is 0 Å². The van der Waals surface area contributed by atoms with E-state index < -0.39 is 0 Å². The minimum absolute atomic E-state index is 0. The second-order valence-electron chi connectivity index (χ2n) is 6.40. The summed E-state index contributed by atoms with van der Waals surface area (Å²) in [5.74, 6) is 0.941. The van der Waals surface area contributed by atoms with Gasteiger partial charge in [-0.15, -0.1) is 12.4 Å². The van der Waals surface area contributed by atoms with Gasteiger partial charge in [-0.05, 0) is 31.4 Å². The van der Waals surface area contributed by atoms with Crippen LogP contribution in [0.1, 0.15) is 29.7 Å². The molecule has 2 aromatic rings. The average molecular weight is 379 g/mol. The number of aromatic nitrogens is 2. The number of halogens is 1. The van der Waals surface area contributed by atoms with E-state index in [1.807, 2.05) is 37.1 Å². The number of benzene rings is 1. The Morgan fingerprint density at radius 3 is 2.88 bits per heavy atom. The van der Waals surface area contributed by atoms with Gasteiger partial charge >= 0.3 is 0 Å². The molecular formula is C19H27ClN4O2. The number of amides is 1. The monoisotopic (exact) mass is 378 g/mol. The molecule has 0 bridgehead atoms. The molecule has 3 rings (SSSR count). The molecule has 2 heterocycles. The number of hydrogen-bond acceptors (Lipinski definition) is 4. The fraction of sp³-hybridized carbons (Fsp3) is 0.474. The molecule has 142 valence electrons. The van der Waals surface area contributed by atoms with Gasteiger partial charge in [-0.2, -0.15) is 5.10 Å². The lowest BCUT2D eigenvalue weighted by Crippen LogP contribution is -2.37. The molecule has 6 nitrogen and oxygen atoms in total. The molecule has 1 aromatic heterocycles. The lowest BCUT2D eigenvalue weighted by Gasteiger charge is -2.29. The SMILES string of the molecule is COc1c(CNCCC(=O)N2CCCc3ccccc32)c(C)nn1C.Cl. The molecule has 7 heteroatoms. The second kappa shape index (κ2) is 9.05. The van der Waals surface area contributed by atoms with Crippen molar-refractivity contribution in [2.75, 3.05) is 25.1 Å². The summed E-state index contributed by atoms with van der Waals surface area (Å²) in [6.07, 6.45) is 2.57. The van der Waals surface area contributed by atoms with Crippen molar-refractivity contribution in [3.63, 3.8) is 0 Å². The fourth-order valence-corrected chi connectivity index (χ4v) is 3.48. The molecule has 0 fully saturated rings. The maximum absolute atomic E-state index is 12.6. The smallest absolute Gasteiger partial charge is 0.228 e. The topological polar surface area (TPSA) is 59.4 Å². The van der Waals surface area contributed by atoms with E-state index in [1.54, 1.807) is 11.8 Å². The largest absolute Gasteiger partial charge is 0.481 e. The standard InChI is InChI=1S/C19H26N4O2.ClH/c1-14-16(19(25-3)22(2)21-14)13-20-11-10-18(24)23-12-6-8-15-7-4-5-9-17(15)23;/h4-5,7,9,20H,6,8,10-13H2,1-3H3;1H. The Kier molecular flexibility index (Phi) is 7.06. The number of carbonyl (C=O) groups is 1. The Morgan fingerprint density at radius 1 is 1.35 bits per heavy atom. The number of aryl methyl sites for hydroxylation is 3. The Hall–Kier alpha value is -2.05. The van der Waals surface area contributed by atoms with Gasteiger partial charge < -0.3 is 15.0 Å². The number of anilines is 1. The van der Waals surface area contributed by atoms with Gasteiger partial charge in [-0.3, -0.25) is 4.79 Å². The summed E-state index contributed by atoms with van der Waals surface area (Å²) in [7, 11) is 3.52. The van der Waals surface area contributed by atoms with E-state index in [-0.39, 0.29) is 18.3 Å². The lowest BCUT2D eigenvalue weighted by molar-refractivity contribution is -0.118. The highest BCUT2D eigenvalue weighted by molar-refractivity contribution is 5.94. The van der Waals surface area contributed by atoms with E-state index in [0.717, 1.165) is 42.2 Å².